The van der Waals surface area contributed by atoms with Crippen molar-refractivity contribution in [1.82, 2.24) is 10.3 Å². The van der Waals surface area contributed by atoms with Gasteiger partial charge in [-0.15, -0.1) is 0 Å². The van der Waals surface area contributed by atoms with E-state index in [1.165, 1.54) is 19.3 Å². The van der Waals surface area contributed by atoms with E-state index >= 15 is 0 Å². The van der Waals surface area contributed by atoms with E-state index in [0.29, 0.717) is 24.8 Å². The number of aromatic nitrogens is 1. The van der Waals surface area contributed by atoms with E-state index in [9.17, 15) is 9.59 Å². The number of carbonyl (C=O) groups excluding carboxylic acids is 2. The van der Waals surface area contributed by atoms with Gasteiger partial charge in [0.15, 0.2) is 0 Å². The van der Waals surface area contributed by atoms with Gasteiger partial charge in [-0.05, 0) is 49.4 Å². The van der Waals surface area contributed by atoms with E-state index in [4.69, 9.17) is 4.74 Å². The van der Waals surface area contributed by atoms with Crippen molar-refractivity contribution in [2.75, 3.05) is 18.5 Å². The van der Waals surface area contributed by atoms with Crippen molar-refractivity contribution >= 4 is 28.4 Å². The molecule has 3 rings (SSSR count). The second kappa shape index (κ2) is 8.95. The monoisotopic (exact) mass is 369 g/mol. The van der Waals surface area contributed by atoms with Crippen molar-refractivity contribution in [2.45, 2.75) is 45.6 Å². The SMILES string of the molecule is Cc1ccc(NC(=O)C(=O)NCCO[C@@H]2CCCC[C@H]2C)c2cccnc12. The fraction of sp³-hybridized carbons (Fsp3) is 0.476. The van der Waals surface area contributed by atoms with Crippen LogP contribution in [0.25, 0.3) is 10.9 Å². The molecule has 2 amide bonds. The Labute approximate surface area is 159 Å². The number of hydrogen-bond donors (Lipinski definition) is 2. The molecule has 0 unspecified atom stereocenters. The average molecular weight is 369 g/mol. The molecule has 1 heterocycles. The maximum Gasteiger partial charge on any atom is 0.313 e. The van der Waals surface area contributed by atoms with Gasteiger partial charge in [0.05, 0.1) is 23.9 Å². The van der Waals surface area contributed by atoms with Crippen LogP contribution in [0.5, 0.6) is 0 Å². The summed E-state index contributed by atoms with van der Waals surface area (Å²) >= 11 is 0. The van der Waals surface area contributed by atoms with Crippen molar-refractivity contribution in [2.24, 2.45) is 5.92 Å². The molecule has 1 aromatic carbocycles. The first kappa shape index (κ1) is 19.3. The molecule has 0 spiro atoms. The fourth-order valence-electron chi connectivity index (χ4n) is 3.59. The molecule has 0 saturated heterocycles. The predicted octanol–water partition coefficient (Wildman–Crippen LogP) is 3.19. The minimum Gasteiger partial charge on any atom is -0.376 e. The maximum absolute atomic E-state index is 12.2. The molecule has 1 fully saturated rings. The number of hydrogen-bond acceptors (Lipinski definition) is 4. The molecule has 0 bridgehead atoms. The molecular formula is C21H27N3O3. The molecule has 1 aromatic heterocycles. The molecular weight excluding hydrogens is 342 g/mol. The molecule has 1 saturated carbocycles. The first-order valence-corrected chi connectivity index (χ1v) is 9.61. The summed E-state index contributed by atoms with van der Waals surface area (Å²) in [4.78, 5) is 28.6. The van der Waals surface area contributed by atoms with Crippen molar-refractivity contribution < 1.29 is 14.3 Å². The minimum atomic E-state index is -0.685. The zero-order chi connectivity index (χ0) is 19.2. The quantitative estimate of drug-likeness (QED) is 0.626. The number of nitrogens with one attached hydrogen (secondary N) is 2. The van der Waals surface area contributed by atoms with Crippen LogP contribution >= 0.6 is 0 Å². The van der Waals surface area contributed by atoms with Crippen LogP contribution in [0.15, 0.2) is 30.5 Å². The van der Waals surface area contributed by atoms with Crippen molar-refractivity contribution in [3.63, 3.8) is 0 Å². The van der Waals surface area contributed by atoms with Gasteiger partial charge in [-0.1, -0.05) is 25.8 Å². The first-order chi connectivity index (χ1) is 13.1. The Morgan fingerprint density at radius 3 is 2.81 bits per heavy atom. The zero-order valence-electron chi connectivity index (χ0n) is 16.0. The summed E-state index contributed by atoms with van der Waals surface area (Å²) in [7, 11) is 0. The third-order valence-corrected chi connectivity index (χ3v) is 5.18. The lowest BCUT2D eigenvalue weighted by Gasteiger charge is -2.28. The zero-order valence-corrected chi connectivity index (χ0v) is 16.0. The standard InChI is InChI=1S/C21H27N3O3/c1-14-6-3-4-8-18(14)27-13-12-23-20(25)21(26)24-17-10-9-15(2)19-16(17)7-5-11-22-19/h5,7,9-11,14,18H,3-4,6,8,12-13H2,1-2H3,(H,23,25)(H,24,26)/t14-,18-/m1/s1. The molecule has 144 valence electrons. The number of pyridine rings is 1. The molecule has 6 heteroatoms. The van der Waals surface area contributed by atoms with Crippen molar-refractivity contribution in [3.8, 4) is 0 Å². The summed E-state index contributed by atoms with van der Waals surface area (Å²) < 4.78 is 5.86. The summed E-state index contributed by atoms with van der Waals surface area (Å²) in [5.41, 5.74) is 2.41. The summed E-state index contributed by atoms with van der Waals surface area (Å²) in [5, 5.41) is 6.12. The average Bonchev–Trinajstić information content (AvgIpc) is 2.68. The number of nitrogens with zero attached hydrogens (tertiary/aromatic N) is 1. The smallest absolute Gasteiger partial charge is 0.313 e. The number of rotatable bonds is 5. The number of carbonyl (C=O) groups is 2. The lowest BCUT2D eigenvalue weighted by molar-refractivity contribution is -0.136. The molecule has 0 aliphatic heterocycles. The van der Waals surface area contributed by atoms with E-state index in [1.807, 2.05) is 19.1 Å². The van der Waals surface area contributed by atoms with E-state index in [1.54, 1.807) is 18.3 Å². The van der Waals surface area contributed by atoms with Crippen LogP contribution in [0.4, 0.5) is 5.69 Å². The lowest BCUT2D eigenvalue weighted by atomic mass is 9.88. The van der Waals surface area contributed by atoms with Crippen LogP contribution in [0.1, 0.15) is 38.2 Å². The Morgan fingerprint density at radius 2 is 2.00 bits per heavy atom. The first-order valence-electron chi connectivity index (χ1n) is 9.61. The molecule has 1 aliphatic carbocycles. The van der Waals surface area contributed by atoms with Crippen LogP contribution < -0.4 is 10.6 Å². The Balaban J connectivity index is 1.50. The predicted molar refractivity (Wildman–Crippen MR) is 105 cm³/mol. The van der Waals surface area contributed by atoms with Crippen molar-refractivity contribution in [1.29, 1.82) is 0 Å². The number of amides is 2. The highest BCUT2D eigenvalue weighted by Gasteiger charge is 2.22. The topological polar surface area (TPSA) is 80.3 Å². The molecule has 2 N–H and O–H groups in total. The summed E-state index contributed by atoms with van der Waals surface area (Å²) in [5.74, 6) is -0.788. The van der Waals surface area contributed by atoms with Crippen LogP contribution in [-0.4, -0.2) is 36.1 Å². The third-order valence-electron chi connectivity index (χ3n) is 5.18. The normalized spacial score (nSPS) is 19.6. The highest BCUT2D eigenvalue weighted by Crippen LogP contribution is 2.26. The van der Waals surface area contributed by atoms with Gasteiger partial charge in [-0.25, -0.2) is 0 Å². The Hall–Kier alpha value is -2.47. The maximum atomic E-state index is 12.2. The summed E-state index contributed by atoms with van der Waals surface area (Å²) in [6, 6.07) is 7.35. The number of aryl methyl sites for hydroxylation is 1. The van der Waals surface area contributed by atoms with E-state index in [2.05, 4.69) is 22.5 Å². The van der Waals surface area contributed by atoms with Crippen LogP contribution in [0.2, 0.25) is 0 Å². The van der Waals surface area contributed by atoms with Gasteiger partial charge >= 0.3 is 11.8 Å². The highest BCUT2D eigenvalue weighted by atomic mass is 16.5. The Kier molecular flexibility index (Phi) is 6.40. The molecule has 0 radical (unpaired) electrons. The van der Waals surface area contributed by atoms with Gasteiger partial charge in [0.2, 0.25) is 0 Å². The molecule has 2 atom stereocenters. The summed E-state index contributed by atoms with van der Waals surface area (Å²) in [6.45, 7) is 4.91. The van der Waals surface area contributed by atoms with Crippen LogP contribution in [0, 0.1) is 12.8 Å². The number of ether oxygens (including phenoxy) is 1. The molecule has 27 heavy (non-hydrogen) atoms. The third kappa shape index (κ3) is 4.83. The Morgan fingerprint density at radius 1 is 1.19 bits per heavy atom. The largest absolute Gasteiger partial charge is 0.376 e. The van der Waals surface area contributed by atoms with Gasteiger partial charge in [0, 0.05) is 18.1 Å². The van der Waals surface area contributed by atoms with Gasteiger partial charge in [-0.2, -0.15) is 0 Å². The van der Waals surface area contributed by atoms with E-state index in [0.717, 1.165) is 22.9 Å². The number of anilines is 1. The van der Waals surface area contributed by atoms with Gasteiger partial charge in [0.1, 0.15) is 0 Å². The van der Waals surface area contributed by atoms with E-state index < -0.39 is 11.8 Å². The van der Waals surface area contributed by atoms with Gasteiger partial charge in [-0.3, -0.25) is 14.6 Å². The lowest BCUT2D eigenvalue weighted by Crippen LogP contribution is -2.38. The van der Waals surface area contributed by atoms with E-state index in [-0.39, 0.29) is 6.10 Å². The van der Waals surface area contributed by atoms with Crippen LogP contribution in [-0.2, 0) is 14.3 Å². The van der Waals surface area contributed by atoms with Crippen molar-refractivity contribution in [3.05, 3.63) is 36.0 Å². The second-order valence-corrected chi connectivity index (χ2v) is 7.21. The van der Waals surface area contributed by atoms with Gasteiger partial charge < -0.3 is 15.4 Å². The Bertz CT molecular complexity index is 821. The van der Waals surface area contributed by atoms with Crippen LogP contribution in [0.3, 0.4) is 0 Å². The minimum absolute atomic E-state index is 0.260. The molecule has 2 aromatic rings. The second-order valence-electron chi connectivity index (χ2n) is 7.21. The molecule has 1 aliphatic rings. The number of fused-ring (bicyclic) bond motifs is 1. The van der Waals surface area contributed by atoms with Gasteiger partial charge in [0.25, 0.3) is 0 Å². The summed E-state index contributed by atoms with van der Waals surface area (Å²) in [6.07, 6.45) is 6.70. The highest BCUT2D eigenvalue weighted by molar-refractivity contribution is 6.40. The number of benzene rings is 1. The fourth-order valence-corrected chi connectivity index (χ4v) is 3.59. The molecule has 6 nitrogen and oxygen atoms in total.